The molecule has 2 fully saturated rings. The number of nitrogens with zero attached hydrogens (tertiary/aromatic N) is 3. The second-order valence-electron chi connectivity index (χ2n) is 7.75. The van der Waals surface area contributed by atoms with Gasteiger partial charge in [-0.15, -0.1) is 24.0 Å². The van der Waals surface area contributed by atoms with Crippen LogP contribution in [0.2, 0.25) is 0 Å². The van der Waals surface area contributed by atoms with Crippen LogP contribution in [-0.4, -0.2) is 79.5 Å². The van der Waals surface area contributed by atoms with E-state index in [0.29, 0.717) is 18.3 Å². The molecule has 172 valence electrons. The van der Waals surface area contributed by atoms with E-state index in [1.165, 1.54) is 5.56 Å². The lowest BCUT2D eigenvalue weighted by Crippen LogP contribution is -2.53. The van der Waals surface area contributed by atoms with Gasteiger partial charge in [-0.3, -0.25) is 14.6 Å². The molecule has 2 aliphatic rings. The molecule has 2 N–H and O–H groups in total. The number of guanidine groups is 1. The van der Waals surface area contributed by atoms with E-state index >= 15 is 0 Å². The highest BCUT2D eigenvalue weighted by Gasteiger charge is 2.23. The van der Waals surface area contributed by atoms with Crippen LogP contribution in [0.15, 0.2) is 29.3 Å². The van der Waals surface area contributed by atoms with Gasteiger partial charge in [0.1, 0.15) is 5.75 Å². The van der Waals surface area contributed by atoms with E-state index in [4.69, 9.17) is 9.73 Å². The first-order chi connectivity index (χ1) is 14.5. The van der Waals surface area contributed by atoms with Gasteiger partial charge in [-0.2, -0.15) is 0 Å². The highest BCUT2D eigenvalue weighted by molar-refractivity contribution is 14.0. The predicted octanol–water partition coefficient (Wildman–Crippen LogP) is 1.63. The molecule has 1 aromatic rings. The zero-order chi connectivity index (χ0) is 21.3. The number of carbonyl (C=O) groups excluding carboxylic acids is 2. The normalized spacial score (nSPS) is 16.4. The maximum atomic E-state index is 11.7. The molecule has 1 aliphatic heterocycles. The summed E-state index contributed by atoms with van der Waals surface area (Å²) in [7, 11) is 0. The topological polar surface area (TPSA) is 86.3 Å². The zero-order valence-corrected chi connectivity index (χ0v) is 20.8. The minimum absolute atomic E-state index is 0. The zero-order valence-electron chi connectivity index (χ0n) is 18.4. The summed E-state index contributed by atoms with van der Waals surface area (Å²) in [6, 6.07) is 8.18. The Hall–Kier alpha value is -2.04. The van der Waals surface area contributed by atoms with E-state index < -0.39 is 0 Å². The summed E-state index contributed by atoms with van der Waals surface area (Å²) >= 11 is 0. The third-order valence-corrected chi connectivity index (χ3v) is 5.26. The monoisotopic (exact) mass is 543 g/mol. The Morgan fingerprint density at radius 3 is 2.32 bits per heavy atom. The maximum Gasteiger partial charge on any atom is 0.258 e. The first kappa shape index (κ1) is 25.2. The molecule has 0 atom stereocenters. The largest absolute Gasteiger partial charge is 0.484 e. The van der Waals surface area contributed by atoms with Crippen LogP contribution in [0, 0.1) is 0 Å². The lowest BCUT2D eigenvalue weighted by molar-refractivity contribution is -0.130. The van der Waals surface area contributed by atoms with Crippen molar-refractivity contribution in [1.82, 2.24) is 20.4 Å². The smallest absolute Gasteiger partial charge is 0.258 e. The summed E-state index contributed by atoms with van der Waals surface area (Å²) in [6.45, 7) is 8.30. The first-order valence-electron chi connectivity index (χ1n) is 10.8. The quantitative estimate of drug-likeness (QED) is 0.296. The number of carbonyl (C=O) groups is 2. The number of amides is 2. The van der Waals surface area contributed by atoms with E-state index in [1.54, 1.807) is 6.92 Å². The van der Waals surface area contributed by atoms with E-state index in [0.717, 1.165) is 57.9 Å². The maximum absolute atomic E-state index is 11.7. The van der Waals surface area contributed by atoms with E-state index in [9.17, 15) is 9.59 Å². The molecule has 0 unspecified atom stereocenters. The Balaban J connectivity index is 0.00000341. The van der Waals surface area contributed by atoms with Gasteiger partial charge in [-0.1, -0.05) is 12.1 Å². The Labute approximate surface area is 201 Å². The van der Waals surface area contributed by atoms with Crippen LogP contribution in [0.3, 0.4) is 0 Å². The van der Waals surface area contributed by atoms with Gasteiger partial charge in [0.25, 0.3) is 5.91 Å². The van der Waals surface area contributed by atoms with Crippen LogP contribution in [0.4, 0.5) is 0 Å². The van der Waals surface area contributed by atoms with Crippen molar-refractivity contribution < 1.29 is 14.3 Å². The highest BCUT2D eigenvalue weighted by atomic mass is 127. The number of aliphatic imine (C=N–C) groups is 1. The van der Waals surface area contributed by atoms with Crippen molar-refractivity contribution in [2.24, 2.45) is 4.99 Å². The summed E-state index contributed by atoms with van der Waals surface area (Å²) in [5.41, 5.74) is 1.17. The summed E-state index contributed by atoms with van der Waals surface area (Å²) in [5.74, 6) is 1.68. The van der Waals surface area contributed by atoms with E-state index in [2.05, 4.69) is 22.5 Å². The van der Waals surface area contributed by atoms with E-state index in [1.807, 2.05) is 29.2 Å². The molecule has 1 aromatic carbocycles. The summed E-state index contributed by atoms with van der Waals surface area (Å²) < 4.78 is 5.55. The van der Waals surface area contributed by atoms with Crippen molar-refractivity contribution >= 4 is 41.8 Å². The minimum Gasteiger partial charge on any atom is -0.484 e. The van der Waals surface area contributed by atoms with Crippen molar-refractivity contribution in [3.8, 4) is 5.75 Å². The van der Waals surface area contributed by atoms with Gasteiger partial charge < -0.3 is 25.2 Å². The molecule has 1 aliphatic carbocycles. The number of halogens is 1. The van der Waals surface area contributed by atoms with Gasteiger partial charge in [0.2, 0.25) is 5.91 Å². The molecule has 9 heteroatoms. The molecule has 0 radical (unpaired) electrons. The number of hydrogen-bond donors (Lipinski definition) is 2. The average molecular weight is 543 g/mol. The molecule has 0 bridgehead atoms. The summed E-state index contributed by atoms with van der Waals surface area (Å²) in [4.78, 5) is 32.1. The fraction of sp³-hybridized carbons (Fsp3) is 0.591. The Bertz CT molecular complexity index is 744. The van der Waals surface area contributed by atoms with Crippen LogP contribution in [0.25, 0.3) is 0 Å². The third kappa shape index (κ3) is 8.54. The Morgan fingerprint density at radius 2 is 1.74 bits per heavy atom. The lowest BCUT2D eigenvalue weighted by Gasteiger charge is -2.36. The SMILES string of the molecule is CCNC(=NCCc1ccc(OCC(=O)NC2CC2)cc1)N1CCN(C(C)=O)CC1.I. The third-order valence-electron chi connectivity index (χ3n) is 5.26. The number of piperazine rings is 1. The van der Waals surface area contributed by atoms with Crippen LogP contribution < -0.4 is 15.4 Å². The van der Waals surface area contributed by atoms with Gasteiger partial charge in [-0.05, 0) is 43.9 Å². The highest BCUT2D eigenvalue weighted by Crippen LogP contribution is 2.18. The van der Waals surface area contributed by atoms with Gasteiger partial charge in [0.15, 0.2) is 12.6 Å². The molecule has 0 aromatic heterocycles. The number of nitrogens with one attached hydrogen (secondary N) is 2. The second-order valence-corrected chi connectivity index (χ2v) is 7.75. The van der Waals surface area contributed by atoms with Crippen molar-refractivity contribution in [3.63, 3.8) is 0 Å². The molecule has 1 saturated carbocycles. The van der Waals surface area contributed by atoms with Crippen molar-refractivity contribution in [3.05, 3.63) is 29.8 Å². The van der Waals surface area contributed by atoms with Gasteiger partial charge in [0.05, 0.1) is 0 Å². The molecular formula is C22H34IN5O3. The molecule has 1 saturated heterocycles. The van der Waals surface area contributed by atoms with Crippen LogP contribution in [0.1, 0.15) is 32.3 Å². The number of rotatable bonds is 8. The van der Waals surface area contributed by atoms with Crippen molar-refractivity contribution in [2.45, 2.75) is 39.2 Å². The molecule has 31 heavy (non-hydrogen) atoms. The Morgan fingerprint density at radius 1 is 1.10 bits per heavy atom. The predicted molar refractivity (Wildman–Crippen MR) is 132 cm³/mol. The fourth-order valence-electron chi connectivity index (χ4n) is 3.35. The van der Waals surface area contributed by atoms with Crippen LogP contribution in [-0.2, 0) is 16.0 Å². The second kappa shape index (κ2) is 12.7. The van der Waals surface area contributed by atoms with Crippen LogP contribution in [0.5, 0.6) is 5.75 Å². The molecule has 0 spiro atoms. The van der Waals surface area contributed by atoms with Gasteiger partial charge >= 0.3 is 0 Å². The molecule has 2 amide bonds. The minimum atomic E-state index is -0.0593. The van der Waals surface area contributed by atoms with Gasteiger partial charge in [0, 0.05) is 52.2 Å². The van der Waals surface area contributed by atoms with E-state index in [-0.39, 0.29) is 42.4 Å². The fourth-order valence-corrected chi connectivity index (χ4v) is 3.35. The first-order valence-corrected chi connectivity index (χ1v) is 10.8. The number of ether oxygens (including phenoxy) is 1. The number of hydrogen-bond acceptors (Lipinski definition) is 4. The standard InChI is InChI=1S/C22H33N5O3.HI/c1-3-23-22(27-14-12-26(13-15-27)17(2)28)24-11-10-18-4-8-20(9-5-18)30-16-21(29)25-19-6-7-19;/h4-5,8-9,19H,3,6-7,10-16H2,1-2H3,(H,23,24)(H,25,29);1H. The summed E-state index contributed by atoms with van der Waals surface area (Å²) in [5, 5.41) is 6.26. The van der Waals surface area contributed by atoms with Crippen molar-refractivity contribution in [2.75, 3.05) is 45.9 Å². The Kier molecular flexibility index (Phi) is 10.4. The van der Waals surface area contributed by atoms with Crippen molar-refractivity contribution in [1.29, 1.82) is 0 Å². The number of benzene rings is 1. The molecule has 8 nitrogen and oxygen atoms in total. The molecule has 1 heterocycles. The van der Waals surface area contributed by atoms with Crippen LogP contribution >= 0.6 is 24.0 Å². The lowest BCUT2D eigenvalue weighted by atomic mass is 10.1. The van der Waals surface area contributed by atoms with Gasteiger partial charge in [-0.25, -0.2) is 0 Å². The molecular weight excluding hydrogens is 509 g/mol. The summed E-state index contributed by atoms with van der Waals surface area (Å²) in [6.07, 6.45) is 2.98. The average Bonchev–Trinajstić information content (AvgIpc) is 3.56. The molecule has 3 rings (SSSR count).